The lowest BCUT2D eigenvalue weighted by Gasteiger charge is -2.34. The van der Waals surface area contributed by atoms with Gasteiger partial charge in [-0.05, 0) is 56.3 Å². The molecule has 0 bridgehead atoms. The summed E-state index contributed by atoms with van der Waals surface area (Å²) in [6.45, 7) is 8.23. The van der Waals surface area contributed by atoms with E-state index in [1.54, 1.807) is 14.2 Å². The summed E-state index contributed by atoms with van der Waals surface area (Å²) in [5.41, 5.74) is 2.35. The molecule has 0 saturated heterocycles. The van der Waals surface area contributed by atoms with Crippen LogP contribution in [0, 0.1) is 0 Å². The van der Waals surface area contributed by atoms with Crippen molar-refractivity contribution in [2.24, 2.45) is 0 Å². The van der Waals surface area contributed by atoms with Crippen LogP contribution in [0.5, 0.6) is 17.2 Å². The van der Waals surface area contributed by atoms with E-state index in [1.165, 1.54) is 5.56 Å². The molecule has 2 aromatic carbocycles. The number of hydrogen-bond donors (Lipinski definition) is 0. The molecule has 0 fully saturated rings. The molecule has 0 spiro atoms. The number of benzene rings is 2. The molecule has 0 amide bonds. The van der Waals surface area contributed by atoms with Crippen LogP contribution in [0.1, 0.15) is 49.8 Å². The molecule has 0 aliphatic carbocycles. The summed E-state index contributed by atoms with van der Waals surface area (Å²) < 4.78 is 23.4. The topological polar surface area (TPSA) is 36.9 Å². The lowest BCUT2D eigenvalue weighted by Crippen LogP contribution is -2.25. The quantitative estimate of drug-likeness (QED) is 0.620. The van der Waals surface area contributed by atoms with E-state index < -0.39 is 0 Å². The summed E-state index contributed by atoms with van der Waals surface area (Å²) in [4.78, 5) is 0.106. The van der Waals surface area contributed by atoms with Gasteiger partial charge in [0.15, 0.2) is 0 Å². The summed E-state index contributed by atoms with van der Waals surface area (Å²) in [7, 11) is 3.33. The third kappa shape index (κ3) is 3.20. The van der Waals surface area contributed by atoms with Gasteiger partial charge in [-0.15, -0.1) is 0 Å². The first-order chi connectivity index (χ1) is 11.9. The van der Waals surface area contributed by atoms with Gasteiger partial charge in [0.2, 0.25) is 0 Å². The molecular weight excluding hydrogens is 384 g/mol. The van der Waals surface area contributed by atoms with Crippen LogP contribution >= 0.6 is 15.9 Å². The second kappa shape index (κ2) is 7.04. The first kappa shape index (κ1) is 18.3. The van der Waals surface area contributed by atoms with E-state index in [9.17, 15) is 0 Å². The van der Waals surface area contributed by atoms with Crippen LogP contribution in [0.25, 0.3) is 10.8 Å². The van der Waals surface area contributed by atoms with E-state index in [4.69, 9.17) is 18.9 Å². The Bertz CT molecular complexity index is 787. The monoisotopic (exact) mass is 408 g/mol. The second-order valence-corrected chi connectivity index (χ2v) is 7.67. The van der Waals surface area contributed by atoms with Crippen molar-refractivity contribution in [1.82, 2.24) is 0 Å². The number of rotatable bonds is 4. The van der Waals surface area contributed by atoms with Crippen LogP contribution in [-0.4, -0.2) is 26.4 Å². The highest BCUT2D eigenvalue weighted by Gasteiger charge is 2.33. The lowest BCUT2D eigenvalue weighted by molar-refractivity contribution is -0.00453. The van der Waals surface area contributed by atoms with E-state index in [0.717, 1.165) is 33.6 Å². The Labute approximate surface area is 157 Å². The fourth-order valence-electron chi connectivity index (χ4n) is 3.52. The van der Waals surface area contributed by atoms with E-state index in [-0.39, 0.29) is 23.1 Å². The van der Waals surface area contributed by atoms with Crippen molar-refractivity contribution in [2.75, 3.05) is 14.2 Å². The summed E-state index contributed by atoms with van der Waals surface area (Å²) in [6.07, 6.45) is 0.127. The molecule has 4 nitrogen and oxygen atoms in total. The Balaban J connectivity index is 2.41. The Hall–Kier alpha value is -1.46. The van der Waals surface area contributed by atoms with Gasteiger partial charge in [0, 0.05) is 6.07 Å². The van der Waals surface area contributed by atoms with Gasteiger partial charge in [0.1, 0.15) is 17.2 Å². The van der Waals surface area contributed by atoms with Crippen molar-refractivity contribution in [2.45, 2.75) is 50.8 Å². The van der Waals surface area contributed by atoms with Gasteiger partial charge in [-0.2, -0.15) is 0 Å². The summed E-state index contributed by atoms with van der Waals surface area (Å²) in [6, 6.07) is 6.06. The van der Waals surface area contributed by atoms with Crippen LogP contribution in [0.15, 0.2) is 18.2 Å². The van der Waals surface area contributed by atoms with Gasteiger partial charge < -0.3 is 18.9 Å². The zero-order chi connectivity index (χ0) is 18.3. The third-order valence-electron chi connectivity index (χ3n) is 4.56. The zero-order valence-corrected chi connectivity index (χ0v) is 17.1. The molecule has 0 radical (unpaired) electrons. The minimum absolute atomic E-state index is 0.0220. The average Bonchev–Trinajstić information content (AvgIpc) is 2.57. The molecular formula is C20H25BrO4. The first-order valence-corrected chi connectivity index (χ1v) is 9.47. The maximum Gasteiger partial charge on any atom is 0.134 e. The Morgan fingerprint density at radius 3 is 2.36 bits per heavy atom. The molecule has 0 N–H and O–H groups in total. The molecule has 5 heteroatoms. The largest absolute Gasteiger partial charge is 0.497 e. The molecule has 3 rings (SSSR count). The second-order valence-electron chi connectivity index (χ2n) is 6.68. The minimum atomic E-state index is -0.0220. The normalized spacial score (nSPS) is 22.8. The molecule has 1 aliphatic heterocycles. The number of alkyl halides is 1. The molecule has 136 valence electrons. The van der Waals surface area contributed by atoms with E-state index in [2.05, 4.69) is 35.8 Å². The predicted octanol–water partition coefficient (Wildman–Crippen LogP) is 5.56. The maximum atomic E-state index is 6.15. The van der Waals surface area contributed by atoms with Crippen LogP contribution < -0.4 is 14.2 Å². The van der Waals surface area contributed by atoms with Crippen molar-refractivity contribution in [3.8, 4) is 17.2 Å². The van der Waals surface area contributed by atoms with E-state index in [1.807, 2.05) is 26.0 Å². The van der Waals surface area contributed by atoms with Crippen molar-refractivity contribution in [1.29, 1.82) is 0 Å². The lowest BCUT2D eigenvalue weighted by atomic mass is 9.89. The molecule has 0 unspecified atom stereocenters. The summed E-state index contributed by atoms with van der Waals surface area (Å²) in [5.74, 6) is 2.32. The Morgan fingerprint density at radius 2 is 1.76 bits per heavy atom. The number of halogens is 1. The van der Waals surface area contributed by atoms with Gasteiger partial charge in [0.25, 0.3) is 0 Å². The smallest absolute Gasteiger partial charge is 0.134 e. The first-order valence-electron chi connectivity index (χ1n) is 8.56. The molecule has 0 aromatic heterocycles. The molecule has 0 saturated carbocycles. The van der Waals surface area contributed by atoms with Gasteiger partial charge >= 0.3 is 0 Å². The molecule has 1 heterocycles. The number of ether oxygens (including phenoxy) is 4. The number of fused-ring (bicyclic) bond motifs is 3. The van der Waals surface area contributed by atoms with Crippen LogP contribution in [-0.2, 0) is 4.74 Å². The van der Waals surface area contributed by atoms with Crippen LogP contribution in [0.3, 0.4) is 0 Å². The van der Waals surface area contributed by atoms with Crippen molar-refractivity contribution < 1.29 is 18.9 Å². The molecule has 2 aromatic rings. The molecule has 3 atom stereocenters. The fraction of sp³-hybridized carbons (Fsp3) is 0.500. The summed E-state index contributed by atoms with van der Waals surface area (Å²) in [5, 5.41) is 2.01. The zero-order valence-electron chi connectivity index (χ0n) is 15.6. The number of hydrogen-bond acceptors (Lipinski definition) is 4. The maximum absolute atomic E-state index is 6.15. The Morgan fingerprint density at radius 1 is 1.04 bits per heavy atom. The van der Waals surface area contributed by atoms with Crippen molar-refractivity contribution in [3.63, 3.8) is 0 Å². The third-order valence-corrected chi connectivity index (χ3v) is 5.80. The highest BCUT2D eigenvalue weighted by molar-refractivity contribution is 9.09. The standard InChI is InChI=1S/C20H25BrO4/c1-10(2)24-17-9-15-18(11(3)25-12(4)20(15)21)14-7-13(22-5)8-16(23-6)19(14)17/h7-12,20H,1-6H3/t11-,12+,20-/m1/s1. The highest BCUT2D eigenvalue weighted by atomic mass is 79.9. The van der Waals surface area contributed by atoms with Crippen molar-refractivity contribution in [3.05, 3.63) is 29.3 Å². The molecule has 25 heavy (non-hydrogen) atoms. The van der Waals surface area contributed by atoms with Gasteiger partial charge in [-0.25, -0.2) is 0 Å². The predicted molar refractivity (Wildman–Crippen MR) is 103 cm³/mol. The highest BCUT2D eigenvalue weighted by Crippen LogP contribution is 2.50. The van der Waals surface area contributed by atoms with Gasteiger partial charge in [0.05, 0.1) is 42.7 Å². The van der Waals surface area contributed by atoms with E-state index >= 15 is 0 Å². The van der Waals surface area contributed by atoms with Gasteiger partial charge in [-0.1, -0.05) is 15.9 Å². The Kier molecular flexibility index (Phi) is 5.16. The summed E-state index contributed by atoms with van der Waals surface area (Å²) >= 11 is 3.79. The average molecular weight is 409 g/mol. The van der Waals surface area contributed by atoms with Crippen LogP contribution in [0.4, 0.5) is 0 Å². The molecule has 1 aliphatic rings. The van der Waals surface area contributed by atoms with Gasteiger partial charge in [-0.3, -0.25) is 0 Å². The van der Waals surface area contributed by atoms with Crippen molar-refractivity contribution >= 4 is 26.7 Å². The SMILES string of the molecule is COc1cc(OC)c2c(OC(C)C)cc3c(c2c1)[C@@H](C)O[C@@H](C)[C@H]3Br. The number of methoxy groups -OCH3 is 2. The van der Waals surface area contributed by atoms with E-state index in [0.29, 0.717) is 0 Å². The van der Waals surface area contributed by atoms with Crippen LogP contribution in [0.2, 0.25) is 0 Å². The minimum Gasteiger partial charge on any atom is -0.497 e. The fourth-order valence-corrected chi connectivity index (χ4v) is 4.03.